The molecule has 6 heteroatoms. The first-order chi connectivity index (χ1) is 14.1. The zero-order chi connectivity index (χ0) is 20.4. The molecule has 1 aliphatic rings. The van der Waals surface area contributed by atoms with Crippen molar-refractivity contribution >= 4 is 46.7 Å². The Kier molecular flexibility index (Phi) is 5.38. The third-order valence-corrected chi connectivity index (χ3v) is 5.04. The van der Waals surface area contributed by atoms with Gasteiger partial charge in [-0.1, -0.05) is 47.5 Å². The van der Waals surface area contributed by atoms with E-state index in [-0.39, 0.29) is 5.91 Å². The van der Waals surface area contributed by atoms with Gasteiger partial charge < -0.3 is 4.74 Å². The maximum absolute atomic E-state index is 13.2. The lowest BCUT2D eigenvalue weighted by atomic mass is 10.1. The van der Waals surface area contributed by atoms with Gasteiger partial charge in [-0.05, 0) is 60.2 Å². The van der Waals surface area contributed by atoms with Gasteiger partial charge >= 0.3 is 0 Å². The molecule has 3 aromatic rings. The molecular weight excluding hydrogens is 407 g/mol. The van der Waals surface area contributed by atoms with Crippen LogP contribution in [0.25, 0.3) is 6.08 Å². The average molecular weight is 423 g/mol. The predicted octanol–water partition coefficient (Wildman–Crippen LogP) is 5.84. The summed E-state index contributed by atoms with van der Waals surface area (Å²) in [5, 5.41) is 0.986. The Morgan fingerprint density at radius 3 is 2.34 bits per heavy atom. The third kappa shape index (κ3) is 3.90. The van der Waals surface area contributed by atoms with Gasteiger partial charge in [0.1, 0.15) is 17.3 Å². The van der Waals surface area contributed by atoms with E-state index in [9.17, 15) is 4.79 Å². The van der Waals surface area contributed by atoms with E-state index in [0.29, 0.717) is 27.1 Å². The molecule has 0 saturated carbocycles. The molecule has 0 bridgehead atoms. The van der Waals surface area contributed by atoms with Crippen molar-refractivity contribution < 1.29 is 9.53 Å². The van der Waals surface area contributed by atoms with Crippen LogP contribution < -0.4 is 9.64 Å². The van der Waals surface area contributed by atoms with Gasteiger partial charge in [0.05, 0.1) is 12.8 Å². The number of methoxy groups -OCH3 is 1. The fraction of sp³-hybridized carbons (Fsp3) is 0.0435. The first-order valence-corrected chi connectivity index (χ1v) is 9.62. The van der Waals surface area contributed by atoms with Gasteiger partial charge in [-0.2, -0.15) is 0 Å². The van der Waals surface area contributed by atoms with Crippen LogP contribution in [0.2, 0.25) is 10.0 Å². The molecule has 0 aromatic heterocycles. The van der Waals surface area contributed by atoms with Crippen molar-refractivity contribution in [1.29, 1.82) is 0 Å². The lowest BCUT2D eigenvalue weighted by Gasteiger charge is -2.18. The standard InChI is InChI=1S/C23H16Cl2N2O2/c1-29-19-11-8-15(9-12-19)22-26-21(13-16-7-10-17(24)14-20(16)25)23(28)27(22)18-5-3-2-4-6-18/h2-14H,1H3/b21-13+. The molecule has 29 heavy (non-hydrogen) atoms. The lowest BCUT2D eigenvalue weighted by molar-refractivity contribution is -0.113. The van der Waals surface area contributed by atoms with E-state index in [2.05, 4.69) is 4.99 Å². The molecular formula is C23H16Cl2N2O2. The summed E-state index contributed by atoms with van der Waals surface area (Å²) in [5.74, 6) is 1.04. The molecule has 4 nitrogen and oxygen atoms in total. The number of hydrogen-bond acceptors (Lipinski definition) is 3. The Labute approximate surface area is 178 Å². The van der Waals surface area contributed by atoms with E-state index in [1.807, 2.05) is 54.6 Å². The first kappa shape index (κ1) is 19.2. The van der Waals surface area contributed by atoms with Crippen molar-refractivity contribution in [1.82, 2.24) is 0 Å². The van der Waals surface area contributed by atoms with Crippen molar-refractivity contribution in [2.75, 3.05) is 12.0 Å². The zero-order valence-electron chi connectivity index (χ0n) is 15.5. The third-order valence-electron chi connectivity index (χ3n) is 4.48. The molecule has 0 radical (unpaired) electrons. The van der Waals surface area contributed by atoms with Crippen LogP contribution in [0.4, 0.5) is 5.69 Å². The quantitative estimate of drug-likeness (QED) is 0.495. The van der Waals surface area contributed by atoms with E-state index >= 15 is 0 Å². The Bertz CT molecular complexity index is 1120. The molecule has 3 aromatic carbocycles. The molecule has 1 amide bonds. The summed E-state index contributed by atoms with van der Waals surface area (Å²) in [6, 6.07) is 21.9. The number of amidine groups is 1. The van der Waals surface area contributed by atoms with Crippen molar-refractivity contribution in [3.8, 4) is 5.75 Å². The van der Waals surface area contributed by atoms with Crippen LogP contribution in [0.3, 0.4) is 0 Å². The molecule has 0 fully saturated rings. The van der Waals surface area contributed by atoms with Gasteiger partial charge in [0.25, 0.3) is 5.91 Å². The smallest absolute Gasteiger partial charge is 0.282 e. The Hall–Kier alpha value is -3.08. The molecule has 0 spiro atoms. The maximum Gasteiger partial charge on any atom is 0.282 e. The maximum atomic E-state index is 13.2. The molecule has 0 atom stereocenters. The van der Waals surface area contributed by atoms with Gasteiger partial charge in [-0.15, -0.1) is 0 Å². The van der Waals surface area contributed by atoms with Crippen LogP contribution in [0.1, 0.15) is 11.1 Å². The first-order valence-electron chi connectivity index (χ1n) is 8.86. The number of benzene rings is 3. The number of nitrogens with zero attached hydrogens (tertiary/aromatic N) is 2. The second kappa shape index (κ2) is 8.11. The predicted molar refractivity (Wildman–Crippen MR) is 118 cm³/mol. The van der Waals surface area contributed by atoms with Crippen LogP contribution >= 0.6 is 23.2 Å². The van der Waals surface area contributed by atoms with Gasteiger partial charge in [0, 0.05) is 15.6 Å². The number of anilines is 1. The number of rotatable bonds is 4. The largest absolute Gasteiger partial charge is 0.497 e. The monoisotopic (exact) mass is 422 g/mol. The minimum absolute atomic E-state index is 0.229. The molecule has 144 valence electrons. The Morgan fingerprint density at radius 2 is 1.69 bits per heavy atom. The summed E-state index contributed by atoms with van der Waals surface area (Å²) in [6.45, 7) is 0. The average Bonchev–Trinajstić information content (AvgIpc) is 3.07. The summed E-state index contributed by atoms with van der Waals surface area (Å²) in [7, 11) is 1.61. The number of carbonyl (C=O) groups excluding carboxylic acids is 1. The highest BCUT2D eigenvalue weighted by atomic mass is 35.5. The van der Waals surface area contributed by atoms with Crippen LogP contribution in [0, 0.1) is 0 Å². The number of aliphatic imine (C=N–C) groups is 1. The highest BCUT2D eigenvalue weighted by Crippen LogP contribution is 2.30. The lowest BCUT2D eigenvalue weighted by Crippen LogP contribution is -2.32. The van der Waals surface area contributed by atoms with Gasteiger partial charge in [-0.25, -0.2) is 4.99 Å². The van der Waals surface area contributed by atoms with Crippen molar-refractivity contribution in [3.05, 3.63) is 99.7 Å². The van der Waals surface area contributed by atoms with E-state index in [0.717, 1.165) is 17.0 Å². The fourth-order valence-electron chi connectivity index (χ4n) is 3.03. The van der Waals surface area contributed by atoms with Crippen molar-refractivity contribution in [2.45, 2.75) is 0 Å². The second-order valence-corrected chi connectivity index (χ2v) is 7.18. The molecule has 0 unspecified atom stereocenters. The van der Waals surface area contributed by atoms with E-state index in [1.165, 1.54) is 0 Å². The summed E-state index contributed by atoms with van der Waals surface area (Å²) < 4.78 is 5.23. The van der Waals surface area contributed by atoms with Crippen molar-refractivity contribution in [2.24, 2.45) is 4.99 Å². The number of para-hydroxylation sites is 1. The fourth-order valence-corrected chi connectivity index (χ4v) is 3.50. The number of ether oxygens (including phenoxy) is 1. The molecule has 1 aliphatic heterocycles. The summed E-state index contributed by atoms with van der Waals surface area (Å²) in [4.78, 5) is 19.5. The van der Waals surface area contributed by atoms with Gasteiger partial charge in [0.2, 0.25) is 0 Å². The van der Waals surface area contributed by atoms with Crippen molar-refractivity contribution in [3.63, 3.8) is 0 Å². The Morgan fingerprint density at radius 1 is 0.966 bits per heavy atom. The van der Waals surface area contributed by atoms with Crippen LogP contribution in [-0.2, 0) is 4.79 Å². The number of carbonyl (C=O) groups is 1. The van der Waals surface area contributed by atoms with E-state index in [4.69, 9.17) is 27.9 Å². The second-order valence-electron chi connectivity index (χ2n) is 6.34. The summed E-state index contributed by atoms with van der Waals surface area (Å²) >= 11 is 12.3. The molecule has 0 aliphatic carbocycles. The highest BCUT2D eigenvalue weighted by molar-refractivity contribution is 6.36. The van der Waals surface area contributed by atoms with Crippen LogP contribution in [-0.4, -0.2) is 18.9 Å². The number of hydrogen-bond donors (Lipinski definition) is 0. The van der Waals surface area contributed by atoms with Gasteiger partial charge in [0.15, 0.2) is 0 Å². The normalized spacial score (nSPS) is 15.0. The van der Waals surface area contributed by atoms with Crippen LogP contribution in [0.15, 0.2) is 83.5 Å². The number of halogens is 2. The molecule has 0 N–H and O–H groups in total. The molecule has 4 rings (SSSR count). The Balaban J connectivity index is 1.82. The SMILES string of the molecule is COc1ccc(C2=N/C(=C/c3ccc(Cl)cc3Cl)C(=O)N2c2ccccc2)cc1. The van der Waals surface area contributed by atoms with Crippen LogP contribution in [0.5, 0.6) is 5.75 Å². The molecule has 0 saturated heterocycles. The minimum Gasteiger partial charge on any atom is -0.497 e. The van der Waals surface area contributed by atoms with E-state index < -0.39 is 0 Å². The molecule has 1 heterocycles. The zero-order valence-corrected chi connectivity index (χ0v) is 17.0. The topological polar surface area (TPSA) is 41.9 Å². The highest BCUT2D eigenvalue weighted by Gasteiger charge is 2.32. The number of amides is 1. The summed E-state index contributed by atoms with van der Waals surface area (Å²) in [5.41, 5.74) is 2.50. The summed E-state index contributed by atoms with van der Waals surface area (Å²) in [6.07, 6.45) is 1.67. The van der Waals surface area contributed by atoms with E-state index in [1.54, 1.807) is 36.3 Å². The minimum atomic E-state index is -0.229. The van der Waals surface area contributed by atoms with Gasteiger partial charge in [-0.3, -0.25) is 9.69 Å².